The number of hydrogen-bond acceptors (Lipinski definition) is 7. The van der Waals surface area contributed by atoms with E-state index in [2.05, 4.69) is 52.0 Å². The number of ketones is 1. The van der Waals surface area contributed by atoms with Crippen LogP contribution in [0.5, 0.6) is 69.0 Å². The van der Waals surface area contributed by atoms with E-state index in [4.69, 9.17) is 28.4 Å². The maximum atomic E-state index is 13.6. The van der Waals surface area contributed by atoms with Crippen LogP contribution in [0.4, 0.5) is 0 Å². The second-order valence-corrected chi connectivity index (χ2v) is 18.0. The number of aryl methyl sites for hydroxylation is 12. The molecule has 68 heavy (non-hydrogen) atoms. The van der Waals surface area contributed by atoms with E-state index in [9.17, 15) is 4.79 Å². The lowest BCUT2D eigenvalue weighted by Gasteiger charge is -2.18. The van der Waals surface area contributed by atoms with Crippen molar-refractivity contribution in [1.82, 2.24) is 0 Å². The number of carbonyl (C=O) groups is 1. The Morgan fingerprint density at radius 1 is 0.250 bits per heavy atom. The first kappa shape index (κ1) is 46.7. The molecule has 8 rings (SSSR count). The van der Waals surface area contributed by atoms with Gasteiger partial charge in [0.25, 0.3) is 0 Å². The molecule has 0 aliphatic carbocycles. The minimum Gasteiger partial charge on any atom is -0.457 e. The molecule has 0 aliphatic heterocycles. The summed E-state index contributed by atoms with van der Waals surface area (Å²) in [6, 6.07) is 42.7. The number of carbonyl (C=O) groups excluding carboxylic acids is 1. The summed E-state index contributed by atoms with van der Waals surface area (Å²) in [5.74, 6) is 8.95. The van der Waals surface area contributed by atoms with Crippen LogP contribution in [0.25, 0.3) is 0 Å². The van der Waals surface area contributed by atoms with Gasteiger partial charge >= 0.3 is 0 Å². The van der Waals surface area contributed by atoms with Gasteiger partial charge in [0, 0.05) is 11.1 Å². The zero-order chi connectivity index (χ0) is 48.4. The maximum absolute atomic E-state index is 13.6. The van der Waals surface area contributed by atoms with Crippen LogP contribution in [-0.2, 0) is 0 Å². The highest BCUT2D eigenvalue weighted by Crippen LogP contribution is 2.41. The van der Waals surface area contributed by atoms with Crippen molar-refractivity contribution in [2.45, 2.75) is 83.1 Å². The van der Waals surface area contributed by atoms with Crippen molar-refractivity contribution >= 4 is 5.78 Å². The molecule has 0 radical (unpaired) electrons. The van der Waals surface area contributed by atoms with Crippen molar-refractivity contribution in [3.8, 4) is 69.0 Å². The van der Waals surface area contributed by atoms with Crippen LogP contribution in [0, 0.1) is 83.1 Å². The predicted molar refractivity (Wildman–Crippen MR) is 272 cm³/mol. The van der Waals surface area contributed by atoms with Gasteiger partial charge in [-0.3, -0.25) is 4.79 Å². The largest absolute Gasteiger partial charge is 0.457 e. The molecule has 0 aliphatic rings. The quantitative estimate of drug-likeness (QED) is 0.101. The molecule has 0 heterocycles. The van der Waals surface area contributed by atoms with Gasteiger partial charge < -0.3 is 28.4 Å². The van der Waals surface area contributed by atoms with Gasteiger partial charge in [-0.25, -0.2) is 0 Å². The van der Waals surface area contributed by atoms with Crippen LogP contribution >= 0.6 is 0 Å². The summed E-state index contributed by atoms with van der Waals surface area (Å²) in [6.07, 6.45) is 0. The summed E-state index contributed by atoms with van der Waals surface area (Å²) in [5.41, 5.74) is 13.1. The second kappa shape index (κ2) is 19.6. The molecular formula is C61H58O7. The first-order valence-electron chi connectivity index (χ1n) is 22.9. The SMILES string of the molecule is Cc1cccc(C)c1Oc1cc(C)c(Oc2cc(C)c(Oc3ccc(C(=O)c4ccc(Oc5c(C)cc(Oc6c(C)cc(Oc7c(C)cccc7C)cc6C)cc5C)cc4)cc3)c(C)c2)c(C)c1. The number of hydrogen-bond donors (Lipinski definition) is 0. The Labute approximate surface area is 400 Å². The fourth-order valence-electron chi connectivity index (χ4n) is 8.66. The molecule has 7 nitrogen and oxygen atoms in total. The minimum atomic E-state index is -0.100. The van der Waals surface area contributed by atoms with Crippen molar-refractivity contribution < 1.29 is 33.2 Å². The molecule has 7 heteroatoms. The van der Waals surface area contributed by atoms with E-state index >= 15 is 0 Å². The third-order valence-corrected chi connectivity index (χ3v) is 12.1. The lowest BCUT2D eigenvalue weighted by molar-refractivity contribution is 0.103. The summed E-state index contributed by atoms with van der Waals surface area (Å²) >= 11 is 0. The monoisotopic (exact) mass is 902 g/mol. The molecule has 344 valence electrons. The average molecular weight is 903 g/mol. The summed E-state index contributed by atoms with van der Waals surface area (Å²) in [7, 11) is 0. The Morgan fingerprint density at radius 3 is 0.662 bits per heavy atom. The van der Waals surface area contributed by atoms with E-state index in [1.54, 1.807) is 24.3 Å². The molecule has 0 bridgehead atoms. The minimum absolute atomic E-state index is 0.100. The van der Waals surface area contributed by atoms with E-state index in [0.29, 0.717) is 22.6 Å². The van der Waals surface area contributed by atoms with Gasteiger partial charge in [0.15, 0.2) is 5.78 Å². The van der Waals surface area contributed by atoms with Crippen LogP contribution in [0.3, 0.4) is 0 Å². The van der Waals surface area contributed by atoms with Gasteiger partial charge in [0.2, 0.25) is 0 Å². The first-order valence-corrected chi connectivity index (χ1v) is 22.9. The van der Waals surface area contributed by atoms with Gasteiger partial charge in [0.1, 0.15) is 69.0 Å². The highest BCUT2D eigenvalue weighted by atomic mass is 16.5. The number of benzene rings is 8. The normalized spacial score (nSPS) is 11.0. The zero-order valence-corrected chi connectivity index (χ0v) is 41.1. The van der Waals surface area contributed by atoms with Crippen molar-refractivity contribution in [3.05, 3.63) is 211 Å². The van der Waals surface area contributed by atoms with Gasteiger partial charge in [-0.2, -0.15) is 0 Å². The van der Waals surface area contributed by atoms with E-state index in [1.807, 2.05) is 140 Å². The molecule has 0 atom stereocenters. The molecule has 0 aromatic heterocycles. The smallest absolute Gasteiger partial charge is 0.193 e. The highest BCUT2D eigenvalue weighted by Gasteiger charge is 2.18. The molecule has 8 aromatic rings. The van der Waals surface area contributed by atoms with E-state index in [1.165, 1.54) is 0 Å². The van der Waals surface area contributed by atoms with E-state index < -0.39 is 0 Å². The van der Waals surface area contributed by atoms with Crippen LogP contribution in [0.15, 0.2) is 133 Å². The topological polar surface area (TPSA) is 72.5 Å². The van der Waals surface area contributed by atoms with Gasteiger partial charge in [0.05, 0.1) is 0 Å². The Bertz CT molecular complexity index is 2850. The van der Waals surface area contributed by atoms with Crippen molar-refractivity contribution in [1.29, 1.82) is 0 Å². The molecule has 0 fully saturated rings. The van der Waals surface area contributed by atoms with Crippen molar-refractivity contribution in [2.24, 2.45) is 0 Å². The average Bonchev–Trinajstić information content (AvgIpc) is 3.29. The molecule has 8 aromatic carbocycles. The molecule has 0 amide bonds. The van der Waals surface area contributed by atoms with Gasteiger partial charge in [-0.05, 0) is 247 Å². The number of rotatable bonds is 14. The highest BCUT2D eigenvalue weighted by molar-refractivity contribution is 6.09. The van der Waals surface area contributed by atoms with Crippen molar-refractivity contribution in [2.75, 3.05) is 0 Å². The van der Waals surface area contributed by atoms with Crippen LogP contribution in [0.2, 0.25) is 0 Å². The molecule has 0 saturated heterocycles. The Hall–Kier alpha value is -7.77. The molecule has 0 N–H and O–H groups in total. The zero-order valence-electron chi connectivity index (χ0n) is 41.1. The second-order valence-electron chi connectivity index (χ2n) is 18.0. The van der Waals surface area contributed by atoms with E-state index in [0.717, 1.165) is 124 Å². The first-order chi connectivity index (χ1) is 32.5. The summed E-state index contributed by atoms with van der Waals surface area (Å²) in [5, 5.41) is 0. The summed E-state index contributed by atoms with van der Waals surface area (Å²) in [6.45, 7) is 24.3. The molecule has 0 saturated carbocycles. The standard InChI is InChI=1S/C61H58O7/c1-35-15-13-16-36(2)56(35)65-51-31-43(9)60(44(10)32-51)67-53-27-39(5)58(40(6)28-53)63-49-23-19-47(20-24-49)55(62)48-21-25-50(26-22-48)64-59-41(7)29-54(30-42(59)8)68-61-45(11)33-52(34-46(61)12)66-57-37(3)17-14-18-38(57)4/h13-34H,1-12H3. The molecule has 0 unspecified atom stereocenters. The van der Waals surface area contributed by atoms with E-state index in [-0.39, 0.29) is 5.78 Å². The Balaban J connectivity index is 0.882. The fraction of sp³-hybridized carbons (Fsp3) is 0.197. The fourth-order valence-corrected chi connectivity index (χ4v) is 8.66. The molecule has 0 spiro atoms. The predicted octanol–water partition coefficient (Wildman–Crippen LogP) is 17.4. The Morgan fingerprint density at radius 2 is 0.441 bits per heavy atom. The van der Waals surface area contributed by atoms with Crippen LogP contribution < -0.4 is 28.4 Å². The van der Waals surface area contributed by atoms with Gasteiger partial charge in [-0.1, -0.05) is 36.4 Å². The van der Waals surface area contributed by atoms with Crippen molar-refractivity contribution in [3.63, 3.8) is 0 Å². The Kier molecular flexibility index (Phi) is 13.5. The third kappa shape index (κ3) is 10.3. The lowest BCUT2D eigenvalue weighted by Crippen LogP contribution is -2.01. The van der Waals surface area contributed by atoms with Crippen LogP contribution in [-0.4, -0.2) is 5.78 Å². The molecular weight excluding hydrogens is 845 g/mol. The number of para-hydroxylation sites is 2. The summed E-state index contributed by atoms with van der Waals surface area (Å²) in [4.78, 5) is 13.6. The number of ether oxygens (including phenoxy) is 6. The summed E-state index contributed by atoms with van der Waals surface area (Å²) < 4.78 is 38.4. The van der Waals surface area contributed by atoms with Crippen LogP contribution in [0.1, 0.15) is 82.7 Å². The lowest BCUT2D eigenvalue weighted by atomic mass is 10.0. The maximum Gasteiger partial charge on any atom is 0.193 e. The van der Waals surface area contributed by atoms with Gasteiger partial charge in [-0.15, -0.1) is 0 Å². The third-order valence-electron chi connectivity index (χ3n) is 12.1.